The average molecular weight is 374 g/mol. The van der Waals surface area contributed by atoms with Crippen molar-refractivity contribution in [3.63, 3.8) is 0 Å². The third-order valence-corrected chi connectivity index (χ3v) is 4.64. The van der Waals surface area contributed by atoms with Gasteiger partial charge in [-0.3, -0.25) is 9.80 Å². The molecule has 2 atom stereocenters. The van der Waals surface area contributed by atoms with Gasteiger partial charge in [0.2, 0.25) is 0 Å². The number of halogens is 2. The molecule has 4 N–H and O–H groups in total. The molecule has 0 aliphatic carbocycles. The predicted molar refractivity (Wildman–Crippen MR) is 96.6 cm³/mol. The summed E-state index contributed by atoms with van der Waals surface area (Å²) in [5.41, 5.74) is 4.64. The highest BCUT2D eigenvalue weighted by molar-refractivity contribution is 6.31. The van der Waals surface area contributed by atoms with Gasteiger partial charge in [-0.1, -0.05) is 23.7 Å². The van der Waals surface area contributed by atoms with E-state index in [1.165, 1.54) is 6.07 Å². The number of carbonyl (C=O) groups is 1. The van der Waals surface area contributed by atoms with Crippen LogP contribution in [0, 0.1) is 5.82 Å². The zero-order chi connectivity index (χ0) is 18.1. The van der Waals surface area contributed by atoms with Crippen molar-refractivity contribution in [2.24, 2.45) is 0 Å². The molecule has 0 saturated carbocycles. The summed E-state index contributed by atoms with van der Waals surface area (Å²) in [7, 11) is 0. The Hall–Kier alpha value is -2.77. The molecule has 0 spiro atoms. The molecule has 4 rings (SSSR count). The van der Waals surface area contributed by atoms with Crippen LogP contribution in [0.25, 0.3) is 0 Å². The highest BCUT2D eigenvalue weighted by Gasteiger charge is 2.34. The van der Waals surface area contributed by atoms with Crippen LogP contribution in [0.5, 0.6) is 0 Å². The topological polar surface area (TPSA) is 68.4 Å². The van der Waals surface area contributed by atoms with Crippen LogP contribution in [0.1, 0.15) is 11.6 Å². The first-order valence-electron chi connectivity index (χ1n) is 8.19. The quantitative estimate of drug-likeness (QED) is 0.608. The maximum Gasteiger partial charge on any atom is 0.274 e. The predicted octanol–water partition coefficient (Wildman–Crippen LogP) is 1.78. The molecule has 3 aliphatic heterocycles. The number of amides is 1. The molecule has 134 valence electrons. The van der Waals surface area contributed by atoms with Gasteiger partial charge in [0, 0.05) is 29.0 Å². The van der Waals surface area contributed by atoms with Gasteiger partial charge in [0.15, 0.2) is 0 Å². The minimum atomic E-state index is -0.478. The number of benzene rings is 1. The molecule has 0 saturated heterocycles. The van der Waals surface area contributed by atoms with E-state index in [9.17, 15) is 9.18 Å². The molecular weight excluding hydrogens is 357 g/mol. The van der Waals surface area contributed by atoms with Crippen LogP contribution < -0.4 is 21.4 Å². The van der Waals surface area contributed by atoms with Crippen LogP contribution in [0.15, 0.2) is 66.3 Å². The lowest BCUT2D eigenvalue weighted by Gasteiger charge is -2.35. The SMILES string of the molecule is O=C(NC1=CCNC=C1)C1=CNC2C=CC(c3c(F)cccc3Cl)NN12. The van der Waals surface area contributed by atoms with Gasteiger partial charge < -0.3 is 16.0 Å². The van der Waals surface area contributed by atoms with Crippen molar-refractivity contribution < 1.29 is 9.18 Å². The van der Waals surface area contributed by atoms with E-state index in [1.54, 1.807) is 35.6 Å². The Kier molecular flexibility index (Phi) is 4.40. The van der Waals surface area contributed by atoms with Crippen molar-refractivity contribution in [3.05, 3.63) is 82.7 Å². The van der Waals surface area contributed by atoms with Gasteiger partial charge in [-0.2, -0.15) is 0 Å². The zero-order valence-electron chi connectivity index (χ0n) is 13.7. The van der Waals surface area contributed by atoms with Crippen molar-refractivity contribution >= 4 is 17.5 Å². The van der Waals surface area contributed by atoms with E-state index in [0.29, 0.717) is 22.8 Å². The first-order valence-corrected chi connectivity index (χ1v) is 8.56. The zero-order valence-corrected chi connectivity index (χ0v) is 14.4. The van der Waals surface area contributed by atoms with E-state index in [0.717, 1.165) is 5.70 Å². The molecule has 1 aromatic carbocycles. The minimum absolute atomic E-state index is 0.227. The standard InChI is InChI=1S/C18H17ClFN5O/c19-12-2-1-3-13(20)17(12)14-4-5-16-22-10-15(25(16)24-14)18(26)23-11-6-8-21-9-7-11/h1-8,10,14,16,21-22,24H,9H2,(H,23,26). The lowest BCUT2D eigenvalue weighted by Crippen LogP contribution is -2.51. The van der Waals surface area contributed by atoms with Crippen molar-refractivity contribution in [1.82, 2.24) is 26.4 Å². The van der Waals surface area contributed by atoms with Gasteiger partial charge >= 0.3 is 0 Å². The van der Waals surface area contributed by atoms with Crippen LogP contribution in [0.3, 0.4) is 0 Å². The summed E-state index contributed by atoms with van der Waals surface area (Å²) >= 11 is 6.17. The van der Waals surface area contributed by atoms with E-state index in [2.05, 4.69) is 21.4 Å². The van der Waals surface area contributed by atoms with E-state index in [4.69, 9.17) is 11.6 Å². The number of nitrogens with one attached hydrogen (secondary N) is 4. The summed E-state index contributed by atoms with van der Waals surface area (Å²) in [6, 6.07) is 4.09. The molecule has 0 bridgehead atoms. The molecule has 1 aromatic rings. The number of hydrogen-bond donors (Lipinski definition) is 4. The Morgan fingerprint density at radius 1 is 1.35 bits per heavy atom. The molecule has 3 aliphatic rings. The van der Waals surface area contributed by atoms with E-state index in [1.807, 2.05) is 18.2 Å². The van der Waals surface area contributed by atoms with Gasteiger partial charge in [-0.25, -0.2) is 9.82 Å². The number of dihydropyridines is 1. The fraction of sp³-hybridized carbons (Fsp3) is 0.167. The number of allylic oxidation sites excluding steroid dienone is 1. The Balaban J connectivity index is 1.53. The molecule has 0 aromatic heterocycles. The molecule has 2 unspecified atom stereocenters. The number of nitrogens with zero attached hydrogens (tertiary/aromatic N) is 1. The summed E-state index contributed by atoms with van der Waals surface area (Å²) in [5, 5.41) is 11.0. The number of carbonyl (C=O) groups excluding carboxylic acids is 1. The number of rotatable bonds is 3. The Morgan fingerprint density at radius 2 is 2.23 bits per heavy atom. The Labute approximate surface area is 155 Å². The van der Waals surface area contributed by atoms with Crippen LogP contribution in [-0.2, 0) is 4.79 Å². The number of fused-ring (bicyclic) bond motifs is 1. The van der Waals surface area contributed by atoms with Crippen molar-refractivity contribution in [1.29, 1.82) is 0 Å². The lowest BCUT2D eigenvalue weighted by atomic mass is 10.0. The maximum absolute atomic E-state index is 14.2. The molecule has 8 heteroatoms. The fourth-order valence-electron chi connectivity index (χ4n) is 3.04. The molecule has 6 nitrogen and oxygen atoms in total. The number of hydrogen-bond acceptors (Lipinski definition) is 5. The molecule has 0 fully saturated rings. The highest BCUT2D eigenvalue weighted by Crippen LogP contribution is 2.31. The van der Waals surface area contributed by atoms with E-state index >= 15 is 0 Å². The first kappa shape index (κ1) is 16.7. The van der Waals surface area contributed by atoms with Gasteiger partial charge in [0.1, 0.15) is 17.7 Å². The van der Waals surface area contributed by atoms with Gasteiger partial charge in [0.05, 0.1) is 6.04 Å². The Bertz CT molecular complexity index is 843. The van der Waals surface area contributed by atoms with Crippen molar-refractivity contribution in [3.8, 4) is 0 Å². The van der Waals surface area contributed by atoms with Crippen LogP contribution in [0.4, 0.5) is 4.39 Å². The normalized spacial score (nSPS) is 23.5. The monoisotopic (exact) mass is 373 g/mol. The van der Waals surface area contributed by atoms with Crippen LogP contribution in [0.2, 0.25) is 5.02 Å². The van der Waals surface area contributed by atoms with Gasteiger partial charge in [-0.15, -0.1) is 0 Å². The lowest BCUT2D eigenvalue weighted by molar-refractivity contribution is -0.118. The molecule has 1 amide bonds. The number of hydrazine groups is 1. The summed E-state index contributed by atoms with van der Waals surface area (Å²) in [6.45, 7) is 0.657. The van der Waals surface area contributed by atoms with Crippen molar-refractivity contribution in [2.45, 2.75) is 12.2 Å². The minimum Gasteiger partial charge on any atom is -0.387 e. The largest absolute Gasteiger partial charge is 0.387 e. The van der Waals surface area contributed by atoms with Crippen LogP contribution in [-0.4, -0.2) is 23.6 Å². The summed E-state index contributed by atoms with van der Waals surface area (Å²) < 4.78 is 14.2. The molecule has 26 heavy (non-hydrogen) atoms. The summed E-state index contributed by atoms with van der Waals surface area (Å²) in [5.74, 6) is -0.663. The Morgan fingerprint density at radius 3 is 3.00 bits per heavy atom. The third-order valence-electron chi connectivity index (χ3n) is 4.31. The average Bonchev–Trinajstić information content (AvgIpc) is 3.06. The van der Waals surface area contributed by atoms with E-state index < -0.39 is 11.9 Å². The molecule has 0 radical (unpaired) electrons. The first-order chi connectivity index (χ1) is 12.6. The summed E-state index contributed by atoms with van der Waals surface area (Å²) in [4.78, 5) is 12.6. The molecule has 3 heterocycles. The second-order valence-electron chi connectivity index (χ2n) is 5.99. The smallest absolute Gasteiger partial charge is 0.274 e. The molecular formula is C18H17ClFN5O. The van der Waals surface area contributed by atoms with Gasteiger partial charge in [-0.05, 0) is 36.6 Å². The maximum atomic E-state index is 14.2. The van der Waals surface area contributed by atoms with E-state index in [-0.39, 0.29) is 12.1 Å². The van der Waals surface area contributed by atoms with Crippen molar-refractivity contribution in [2.75, 3.05) is 6.54 Å². The fourth-order valence-corrected chi connectivity index (χ4v) is 3.32. The third kappa shape index (κ3) is 3.07. The highest BCUT2D eigenvalue weighted by atomic mass is 35.5. The second kappa shape index (κ2) is 6.86. The second-order valence-corrected chi connectivity index (χ2v) is 6.40. The van der Waals surface area contributed by atoms with Crippen LogP contribution >= 0.6 is 11.6 Å². The van der Waals surface area contributed by atoms with Gasteiger partial charge in [0.25, 0.3) is 5.91 Å². The summed E-state index contributed by atoms with van der Waals surface area (Å²) in [6.07, 6.45) is 10.5.